The Morgan fingerprint density at radius 2 is 0.880 bits per heavy atom. The molecule has 0 radical (unpaired) electrons. The molecule has 0 heterocycles. The fourth-order valence-electron chi connectivity index (χ4n) is 4.12. The largest absolute Gasteiger partial charge is 0.462 e. The lowest BCUT2D eigenvalue weighted by atomic mass is 9.80. The molecule has 0 atom stereocenters. The van der Waals surface area contributed by atoms with Gasteiger partial charge in [0.2, 0.25) is 0 Å². The van der Waals surface area contributed by atoms with Gasteiger partial charge in [0.1, 0.15) is 39.6 Å². The average molecular weight is 711 g/mol. The van der Waals surface area contributed by atoms with E-state index in [1.54, 1.807) is 12.2 Å². The average Bonchev–Trinajstić information content (AvgIpc) is 3.13. The number of alkyl carbamates (subject to hydrolysis) is 2. The first-order chi connectivity index (χ1) is 24.3. The van der Waals surface area contributed by atoms with Gasteiger partial charge in [-0.25, -0.2) is 43.7 Å². The van der Waals surface area contributed by atoms with Crippen molar-refractivity contribution >= 4 is 18.2 Å². The summed E-state index contributed by atoms with van der Waals surface area (Å²) in [4.78, 5) is 67.6. The van der Waals surface area contributed by atoms with Gasteiger partial charge in [0.25, 0.3) is 0 Å². The number of hydrogen-bond acceptors (Lipinski definition) is 12. The Kier molecular flexibility index (Phi) is 28.8. The van der Waals surface area contributed by atoms with Crippen molar-refractivity contribution in [2.45, 2.75) is 51.4 Å². The number of nitrogens with one attached hydrogen (secondary N) is 2. The van der Waals surface area contributed by atoms with E-state index in [0.717, 1.165) is 18.9 Å². The summed E-state index contributed by atoms with van der Waals surface area (Å²) in [5, 5.41) is 5.48. The van der Waals surface area contributed by atoms with E-state index in [1.165, 1.54) is 18.2 Å². The Morgan fingerprint density at radius 3 is 1.26 bits per heavy atom. The molecule has 0 aliphatic heterocycles. The van der Waals surface area contributed by atoms with Crippen molar-refractivity contribution in [2.75, 3.05) is 72.6 Å². The van der Waals surface area contributed by atoms with E-state index in [9.17, 15) is 14.4 Å². The van der Waals surface area contributed by atoms with Crippen LogP contribution in [-0.2, 0) is 48.3 Å². The molecule has 0 spiro atoms. The van der Waals surface area contributed by atoms with Crippen LogP contribution < -0.4 is 10.6 Å². The smallest absolute Gasteiger partial charge is 0.407 e. The van der Waals surface area contributed by atoms with Crippen molar-refractivity contribution in [3.05, 3.63) is 75.9 Å². The maximum atomic E-state index is 12.5. The number of ether oxygens (including phenoxy) is 3. The molecule has 0 aromatic carbocycles. The van der Waals surface area contributed by atoms with Crippen LogP contribution in [0.25, 0.3) is 0 Å². The fourth-order valence-corrected chi connectivity index (χ4v) is 4.12. The van der Waals surface area contributed by atoms with E-state index in [1.807, 2.05) is 0 Å². The van der Waals surface area contributed by atoms with Crippen LogP contribution >= 0.6 is 0 Å². The van der Waals surface area contributed by atoms with E-state index in [4.69, 9.17) is 43.5 Å². The van der Waals surface area contributed by atoms with E-state index in [2.05, 4.69) is 50.1 Å². The van der Waals surface area contributed by atoms with E-state index in [-0.39, 0.29) is 59.5 Å². The van der Waals surface area contributed by atoms with Gasteiger partial charge < -0.3 is 24.8 Å². The van der Waals surface area contributed by atoms with Gasteiger partial charge in [0.15, 0.2) is 0 Å². The Labute approximate surface area is 297 Å². The zero-order valence-electron chi connectivity index (χ0n) is 29.5. The van der Waals surface area contributed by atoms with Gasteiger partial charge >= 0.3 is 18.2 Å². The lowest BCUT2D eigenvalue weighted by Gasteiger charge is -2.32. The molecule has 0 rings (SSSR count). The normalized spacial score (nSPS) is 11.1. The summed E-state index contributed by atoms with van der Waals surface area (Å²) in [5.41, 5.74) is -1.62. The third kappa shape index (κ3) is 24.4. The number of rotatable bonds is 35. The van der Waals surface area contributed by atoms with Crippen molar-refractivity contribution in [1.29, 1.82) is 0 Å². The first-order valence-electron chi connectivity index (χ1n) is 16.6. The number of carbonyl (C=O) groups is 3. The summed E-state index contributed by atoms with van der Waals surface area (Å²) in [6.07, 6.45) is 13.6. The van der Waals surface area contributed by atoms with Crippen molar-refractivity contribution in [2.24, 2.45) is 10.8 Å². The van der Waals surface area contributed by atoms with Gasteiger partial charge in [-0.05, 0) is 38.5 Å². The molecule has 284 valence electrons. The van der Waals surface area contributed by atoms with Crippen LogP contribution in [0.4, 0.5) is 9.59 Å². The van der Waals surface area contributed by atoms with E-state index in [0.29, 0.717) is 51.6 Å². The van der Waals surface area contributed by atoms with Crippen molar-refractivity contribution in [1.82, 2.24) is 10.6 Å². The monoisotopic (exact) mass is 710 g/mol. The van der Waals surface area contributed by atoms with Gasteiger partial charge in [0, 0.05) is 24.6 Å². The minimum Gasteiger partial charge on any atom is -0.462 e. The Balaban J connectivity index is 4.67. The van der Waals surface area contributed by atoms with Gasteiger partial charge in [0.05, 0.1) is 25.2 Å². The van der Waals surface area contributed by atoms with Crippen LogP contribution in [0.15, 0.2) is 75.9 Å². The summed E-state index contributed by atoms with van der Waals surface area (Å²) in [6, 6.07) is 0. The third-order valence-corrected chi connectivity index (χ3v) is 7.01. The summed E-state index contributed by atoms with van der Waals surface area (Å²) < 4.78 is 16.3. The number of carbonyl (C=O) groups excluding carboxylic acids is 3. The summed E-state index contributed by atoms with van der Waals surface area (Å²) >= 11 is 0. The van der Waals surface area contributed by atoms with Crippen molar-refractivity contribution in [3.63, 3.8) is 0 Å². The van der Waals surface area contributed by atoms with Crippen LogP contribution in [-0.4, -0.2) is 90.7 Å². The fraction of sp³-hybridized carbons (Fsp3) is 0.583. The topological polar surface area (TPSA) is 158 Å². The number of unbranched alkanes of at least 4 members (excludes halogenated alkanes) is 3. The number of allylic oxidation sites excluding steroid dienone is 2. The minimum absolute atomic E-state index is 0.0795. The molecule has 14 nitrogen and oxygen atoms in total. The highest BCUT2D eigenvalue weighted by molar-refractivity contribution is 5.81. The molecule has 0 aliphatic carbocycles. The van der Waals surface area contributed by atoms with Crippen LogP contribution in [0.3, 0.4) is 0 Å². The third-order valence-electron chi connectivity index (χ3n) is 7.01. The number of esters is 1. The van der Waals surface area contributed by atoms with Crippen LogP contribution in [0.1, 0.15) is 51.4 Å². The first-order valence-corrected chi connectivity index (χ1v) is 16.6. The molecule has 0 aromatic rings. The molecule has 50 heavy (non-hydrogen) atoms. The van der Waals surface area contributed by atoms with E-state index >= 15 is 0 Å². The van der Waals surface area contributed by atoms with Gasteiger partial charge in [-0.2, -0.15) is 0 Å². The highest BCUT2D eigenvalue weighted by atomic mass is 17.2. The highest BCUT2D eigenvalue weighted by Crippen LogP contribution is 2.32. The molecule has 0 aromatic heterocycles. The molecular weight excluding hydrogens is 652 g/mol. The Morgan fingerprint density at radius 1 is 0.480 bits per heavy atom. The molecule has 0 saturated heterocycles. The predicted molar refractivity (Wildman–Crippen MR) is 188 cm³/mol. The first kappa shape index (κ1) is 46.2. The molecule has 14 heteroatoms. The zero-order chi connectivity index (χ0) is 37.2. The Bertz CT molecular complexity index is 951. The second kappa shape index (κ2) is 31.2. The molecule has 2 N–H and O–H groups in total. The summed E-state index contributed by atoms with van der Waals surface area (Å²) in [6.45, 7) is 22.7. The van der Waals surface area contributed by atoms with Gasteiger partial charge in [-0.15, -0.1) is 32.9 Å². The molecule has 0 unspecified atom stereocenters. The highest BCUT2D eigenvalue weighted by Gasteiger charge is 2.36. The van der Waals surface area contributed by atoms with Gasteiger partial charge in [-0.3, -0.25) is 0 Å². The maximum absolute atomic E-state index is 12.5. The molecule has 0 fully saturated rings. The van der Waals surface area contributed by atoms with E-state index < -0.39 is 29.0 Å². The second-order valence-corrected chi connectivity index (χ2v) is 11.4. The van der Waals surface area contributed by atoms with Crippen molar-refractivity contribution < 1.29 is 57.9 Å². The summed E-state index contributed by atoms with van der Waals surface area (Å²) in [5.74, 6) is -0.534. The molecule has 0 saturated carbocycles. The standard InChI is InChI=1S/C36H58N2O12/c1-7-13-19-35(20-14-8-2,26-42-32(39)12-6)27-43-33(40)37-21-17-15-16-18-22-38-34(41)44-28-36(29-48-45-23-9-3,30-49-46-24-10-4)31-50-47-25-11-5/h7-12H,1-6,13-31H2,(H,37,40)(H,38,41). The second-order valence-electron chi connectivity index (χ2n) is 11.4. The van der Waals surface area contributed by atoms with Gasteiger partial charge in [-0.1, -0.05) is 49.8 Å². The van der Waals surface area contributed by atoms with Crippen LogP contribution in [0, 0.1) is 10.8 Å². The molecule has 0 bridgehead atoms. The van der Waals surface area contributed by atoms with Crippen LogP contribution in [0.5, 0.6) is 0 Å². The lowest BCUT2D eigenvalue weighted by Crippen LogP contribution is -2.43. The minimum atomic E-state index is -1.05. The molecule has 0 aliphatic rings. The number of hydrogen-bond donors (Lipinski definition) is 2. The SMILES string of the molecule is C=CCCC(CCC=C)(COC(=O)C=C)COC(=O)NCCCCCCNC(=O)OCC(COOCC=C)(COOCC=C)COOCC=C. The maximum Gasteiger partial charge on any atom is 0.407 e. The molecular formula is C36H58N2O12. The van der Waals surface area contributed by atoms with Crippen molar-refractivity contribution in [3.8, 4) is 0 Å². The zero-order valence-corrected chi connectivity index (χ0v) is 29.5. The quantitative estimate of drug-likeness (QED) is 0.0150. The predicted octanol–water partition coefficient (Wildman–Crippen LogP) is 6.04. The summed E-state index contributed by atoms with van der Waals surface area (Å²) in [7, 11) is 0. The molecule has 2 amide bonds. The Hall–Kier alpha value is -3.79. The lowest BCUT2D eigenvalue weighted by molar-refractivity contribution is -0.364. The number of amides is 2. The van der Waals surface area contributed by atoms with Crippen LogP contribution in [0.2, 0.25) is 0 Å².